The molecule has 36 heavy (non-hydrogen) atoms. The van der Waals surface area contributed by atoms with Crippen molar-refractivity contribution in [3.05, 3.63) is 36.0 Å². The molecule has 1 rings (SSSR count). The minimum absolute atomic E-state index is 0.0259. The van der Waals surface area contributed by atoms with Gasteiger partial charge in [-0.3, -0.25) is 0 Å². The van der Waals surface area contributed by atoms with Crippen molar-refractivity contribution >= 4 is 5.97 Å². The first-order chi connectivity index (χ1) is 16.9. The number of hydrogen-bond donors (Lipinski definition) is 4. The van der Waals surface area contributed by atoms with Crippen molar-refractivity contribution in [2.75, 3.05) is 0 Å². The van der Waals surface area contributed by atoms with Crippen molar-refractivity contribution in [3.63, 3.8) is 0 Å². The number of aliphatic hydroxyl groups excluding tert-OH is 4. The lowest BCUT2D eigenvalue weighted by molar-refractivity contribution is -0.146. The molecule has 6 nitrogen and oxygen atoms in total. The van der Waals surface area contributed by atoms with Gasteiger partial charge < -0.3 is 25.2 Å². The predicted molar refractivity (Wildman–Crippen MR) is 145 cm³/mol. The zero-order valence-corrected chi connectivity index (χ0v) is 23.3. The number of rotatable bonds is 5. The molecule has 0 aromatic carbocycles. The Hall–Kier alpha value is -1.47. The van der Waals surface area contributed by atoms with E-state index < -0.39 is 24.3 Å². The van der Waals surface area contributed by atoms with Gasteiger partial charge >= 0.3 is 5.97 Å². The Bertz CT molecular complexity index is 714. The Labute approximate surface area is 219 Å². The molecule has 208 valence electrons. The monoisotopic (exact) mass is 508 g/mol. The molecule has 0 saturated carbocycles. The van der Waals surface area contributed by atoms with Crippen LogP contribution in [0.4, 0.5) is 0 Å². The average Bonchev–Trinajstić information content (AvgIpc) is 2.80. The molecule has 0 aliphatic carbocycles. The van der Waals surface area contributed by atoms with E-state index in [4.69, 9.17) is 4.74 Å². The van der Waals surface area contributed by atoms with Gasteiger partial charge in [0.05, 0.1) is 24.4 Å². The average molecular weight is 509 g/mol. The van der Waals surface area contributed by atoms with Gasteiger partial charge in [-0.2, -0.15) is 0 Å². The van der Waals surface area contributed by atoms with Crippen LogP contribution in [0.1, 0.15) is 92.9 Å². The minimum atomic E-state index is -0.804. The van der Waals surface area contributed by atoms with Crippen LogP contribution in [0, 0.1) is 23.7 Å². The Balaban J connectivity index is 3.06. The molecule has 0 aromatic rings. The Morgan fingerprint density at radius 3 is 2.42 bits per heavy atom. The van der Waals surface area contributed by atoms with Crippen LogP contribution in [-0.2, 0) is 9.53 Å². The standard InChI is InChI=1S/C30H52O6/c1-7-25(31)13-11-14-28-22(4)17-20(2)16-21(3)18-23(5)30(35)24(6)27(33)19-26(32)12-9-8-10-15-29(34)36-28/h8-10,15-16,20,22-28,30-33,35H,7,11-14,17-19H2,1-6H3/b9-8-,15-10-,21-16-/t20-,22-,23+,24-,25+,26+,27-,28-,30+/m0/s1. The number of ether oxygens (including phenoxy) is 1. The third-order valence-electron chi connectivity index (χ3n) is 7.49. The summed E-state index contributed by atoms with van der Waals surface area (Å²) >= 11 is 0. The van der Waals surface area contributed by atoms with Crippen LogP contribution in [0.3, 0.4) is 0 Å². The van der Waals surface area contributed by atoms with E-state index in [0.29, 0.717) is 19.3 Å². The predicted octanol–water partition coefficient (Wildman–Crippen LogP) is 5.10. The summed E-state index contributed by atoms with van der Waals surface area (Å²) in [5, 5.41) is 41.6. The summed E-state index contributed by atoms with van der Waals surface area (Å²) in [6.45, 7) is 12.1. The van der Waals surface area contributed by atoms with Gasteiger partial charge in [0.1, 0.15) is 6.10 Å². The molecule has 1 aliphatic rings. The first-order valence-electron chi connectivity index (χ1n) is 13.9. The van der Waals surface area contributed by atoms with Gasteiger partial charge in [-0.05, 0) is 76.0 Å². The summed E-state index contributed by atoms with van der Waals surface area (Å²) in [4.78, 5) is 12.5. The van der Waals surface area contributed by atoms with E-state index in [1.807, 2.05) is 20.8 Å². The molecule has 0 saturated heterocycles. The summed E-state index contributed by atoms with van der Waals surface area (Å²) in [6.07, 6.45) is 10.9. The zero-order chi connectivity index (χ0) is 27.3. The third-order valence-corrected chi connectivity index (χ3v) is 7.49. The topological polar surface area (TPSA) is 107 Å². The second-order valence-corrected chi connectivity index (χ2v) is 11.2. The van der Waals surface area contributed by atoms with Gasteiger partial charge in [0, 0.05) is 12.0 Å². The van der Waals surface area contributed by atoms with Crippen molar-refractivity contribution in [2.24, 2.45) is 23.7 Å². The Morgan fingerprint density at radius 2 is 1.75 bits per heavy atom. The summed E-state index contributed by atoms with van der Waals surface area (Å²) in [7, 11) is 0. The van der Waals surface area contributed by atoms with Gasteiger partial charge in [0.25, 0.3) is 0 Å². The second kappa shape index (κ2) is 17.1. The fraction of sp³-hybridized carbons (Fsp3) is 0.767. The number of hydrogen-bond acceptors (Lipinski definition) is 6. The number of cyclic esters (lactones) is 1. The van der Waals surface area contributed by atoms with Gasteiger partial charge in [-0.15, -0.1) is 0 Å². The second-order valence-electron chi connectivity index (χ2n) is 11.2. The van der Waals surface area contributed by atoms with E-state index in [1.54, 1.807) is 18.2 Å². The quantitative estimate of drug-likeness (QED) is 0.304. The van der Waals surface area contributed by atoms with Gasteiger partial charge in [0.2, 0.25) is 0 Å². The van der Waals surface area contributed by atoms with Gasteiger partial charge in [-0.25, -0.2) is 4.79 Å². The number of esters is 1. The fourth-order valence-corrected chi connectivity index (χ4v) is 5.18. The number of carbonyl (C=O) groups is 1. The highest BCUT2D eigenvalue weighted by Gasteiger charge is 2.29. The molecule has 0 radical (unpaired) electrons. The van der Waals surface area contributed by atoms with Crippen LogP contribution < -0.4 is 0 Å². The minimum Gasteiger partial charge on any atom is -0.459 e. The number of aliphatic hydroxyl groups is 4. The van der Waals surface area contributed by atoms with E-state index in [0.717, 1.165) is 25.7 Å². The largest absolute Gasteiger partial charge is 0.459 e. The van der Waals surface area contributed by atoms with Crippen LogP contribution in [0.15, 0.2) is 36.0 Å². The summed E-state index contributed by atoms with van der Waals surface area (Å²) < 4.78 is 5.84. The Kier molecular flexibility index (Phi) is 15.5. The van der Waals surface area contributed by atoms with Crippen molar-refractivity contribution < 1.29 is 30.0 Å². The lowest BCUT2D eigenvalue weighted by atomic mass is 9.83. The van der Waals surface area contributed by atoms with E-state index >= 15 is 0 Å². The number of carbonyl (C=O) groups excluding carboxylic acids is 1. The lowest BCUT2D eigenvalue weighted by Crippen LogP contribution is -2.36. The molecular weight excluding hydrogens is 456 g/mol. The lowest BCUT2D eigenvalue weighted by Gasteiger charge is -2.30. The molecule has 0 bridgehead atoms. The van der Waals surface area contributed by atoms with Gasteiger partial charge in [0.15, 0.2) is 0 Å². The highest BCUT2D eigenvalue weighted by atomic mass is 16.5. The molecule has 6 heteroatoms. The summed E-state index contributed by atoms with van der Waals surface area (Å²) in [5.74, 6) is -0.351. The molecule has 1 aliphatic heterocycles. The van der Waals surface area contributed by atoms with Crippen LogP contribution in [-0.4, -0.2) is 56.9 Å². The molecule has 0 fully saturated rings. The molecule has 9 atom stereocenters. The van der Waals surface area contributed by atoms with Crippen molar-refractivity contribution in [3.8, 4) is 0 Å². The normalized spacial score (nSPS) is 38.3. The molecular formula is C30H52O6. The zero-order valence-electron chi connectivity index (χ0n) is 23.3. The Morgan fingerprint density at radius 1 is 1.06 bits per heavy atom. The first kappa shape index (κ1) is 32.6. The van der Waals surface area contributed by atoms with Crippen LogP contribution >= 0.6 is 0 Å². The summed E-state index contributed by atoms with van der Waals surface area (Å²) in [6, 6.07) is 0. The molecule has 0 amide bonds. The maximum atomic E-state index is 12.5. The fourth-order valence-electron chi connectivity index (χ4n) is 5.18. The smallest absolute Gasteiger partial charge is 0.331 e. The van der Waals surface area contributed by atoms with Gasteiger partial charge in [-0.1, -0.05) is 64.5 Å². The molecule has 0 spiro atoms. The SMILES string of the molecule is CC[C@@H](O)CCC[C@@H]1OC(=O)/C=C\C=C/C[C@@H](O)C[C@H](O)[C@H](C)[C@H](O)[C@H](C)C/C(C)=C\[C@H](C)C[C@@H]1C. The highest BCUT2D eigenvalue weighted by Crippen LogP contribution is 2.28. The van der Waals surface area contributed by atoms with E-state index in [2.05, 4.69) is 26.8 Å². The van der Waals surface area contributed by atoms with E-state index in [9.17, 15) is 25.2 Å². The molecule has 1 heterocycles. The first-order valence-corrected chi connectivity index (χ1v) is 13.9. The van der Waals surface area contributed by atoms with Crippen molar-refractivity contribution in [1.29, 1.82) is 0 Å². The highest BCUT2D eigenvalue weighted by molar-refractivity contribution is 5.82. The maximum absolute atomic E-state index is 12.5. The molecule has 4 N–H and O–H groups in total. The van der Waals surface area contributed by atoms with Crippen LogP contribution in [0.5, 0.6) is 0 Å². The van der Waals surface area contributed by atoms with Crippen molar-refractivity contribution in [2.45, 2.75) is 123 Å². The van der Waals surface area contributed by atoms with E-state index in [1.165, 1.54) is 11.6 Å². The number of allylic oxidation sites excluding steroid dienone is 4. The summed E-state index contributed by atoms with van der Waals surface area (Å²) in [5.41, 5.74) is 1.19. The van der Waals surface area contributed by atoms with Crippen LogP contribution in [0.25, 0.3) is 0 Å². The van der Waals surface area contributed by atoms with Crippen molar-refractivity contribution in [1.82, 2.24) is 0 Å². The van der Waals surface area contributed by atoms with E-state index in [-0.39, 0.29) is 42.3 Å². The molecule has 0 unspecified atom stereocenters. The third kappa shape index (κ3) is 12.7. The maximum Gasteiger partial charge on any atom is 0.331 e. The molecule has 0 aromatic heterocycles. The van der Waals surface area contributed by atoms with Crippen LogP contribution in [0.2, 0.25) is 0 Å².